The molecule has 0 fully saturated rings. The van der Waals surface area contributed by atoms with Gasteiger partial charge in [0.05, 0.1) is 0 Å². The Labute approximate surface area is 100.0 Å². The molecule has 0 bridgehead atoms. The van der Waals surface area contributed by atoms with E-state index in [1.165, 1.54) is 5.56 Å². The Hall–Kier alpha value is -0.650. The summed E-state index contributed by atoms with van der Waals surface area (Å²) in [6.45, 7) is 9.16. The van der Waals surface area contributed by atoms with Crippen LogP contribution < -0.4 is 0 Å². The van der Waals surface area contributed by atoms with Gasteiger partial charge in [-0.3, -0.25) is 4.67 Å². The van der Waals surface area contributed by atoms with E-state index in [0.717, 1.165) is 0 Å². The first kappa shape index (κ1) is 11.8. The van der Waals surface area contributed by atoms with E-state index in [1.54, 1.807) is 5.31 Å². The van der Waals surface area contributed by atoms with Crippen molar-refractivity contribution in [2.45, 2.75) is 39.8 Å². The Morgan fingerprint density at radius 2 is 1.50 bits per heavy atom. The van der Waals surface area contributed by atoms with Crippen molar-refractivity contribution in [3.63, 3.8) is 0 Å². The van der Waals surface area contributed by atoms with Gasteiger partial charge >= 0.3 is 0 Å². The molecule has 0 aromatic heterocycles. The average Bonchev–Trinajstić information content (AvgIpc) is 2.98. The fourth-order valence-electron chi connectivity index (χ4n) is 2.19. The predicted molar refractivity (Wildman–Crippen MR) is 73.5 cm³/mol. The number of hydrogen-bond donors (Lipinski definition) is 0. The smallest absolute Gasteiger partial charge is 0.0225 e. The molecule has 1 aromatic rings. The van der Waals surface area contributed by atoms with Gasteiger partial charge in [0.2, 0.25) is 0 Å². The van der Waals surface area contributed by atoms with Crippen molar-refractivity contribution >= 4 is 13.4 Å². The van der Waals surface area contributed by atoms with Gasteiger partial charge in [0.1, 0.15) is 0 Å². The zero-order valence-corrected chi connectivity index (χ0v) is 11.4. The van der Waals surface area contributed by atoms with Gasteiger partial charge in [-0.05, 0) is 39.1 Å². The van der Waals surface area contributed by atoms with Gasteiger partial charge in [-0.25, -0.2) is 0 Å². The van der Waals surface area contributed by atoms with Crippen molar-refractivity contribution in [1.82, 2.24) is 4.67 Å². The van der Waals surface area contributed by atoms with Crippen molar-refractivity contribution in [2.75, 3.05) is 0 Å². The molecule has 0 N–H and O–H groups in total. The van der Waals surface area contributed by atoms with Crippen LogP contribution in [0.2, 0.25) is 0 Å². The van der Waals surface area contributed by atoms with E-state index in [4.69, 9.17) is 0 Å². The molecule has 1 nitrogen and oxygen atoms in total. The topological polar surface area (TPSA) is 3.24 Å². The predicted octanol–water partition coefficient (Wildman–Crippen LogP) is 4.51. The van der Waals surface area contributed by atoms with E-state index in [0.29, 0.717) is 12.1 Å². The highest BCUT2D eigenvalue weighted by molar-refractivity contribution is 7.78. The number of hydrogen-bond acceptors (Lipinski definition) is 1. The van der Waals surface area contributed by atoms with Crippen molar-refractivity contribution in [1.29, 1.82) is 0 Å². The lowest BCUT2D eigenvalue weighted by atomic mass is 10.2. The van der Waals surface area contributed by atoms with Gasteiger partial charge in [0, 0.05) is 25.5 Å². The van der Waals surface area contributed by atoms with Crippen LogP contribution in [0.5, 0.6) is 0 Å². The summed E-state index contributed by atoms with van der Waals surface area (Å²) in [5.41, 5.74) is 1.40. The second-order valence-corrected chi connectivity index (χ2v) is 6.68. The highest BCUT2D eigenvalue weighted by Crippen LogP contribution is 2.70. The maximum Gasteiger partial charge on any atom is 0.0225 e. The fourth-order valence-corrected chi connectivity index (χ4v) is 4.46. The zero-order valence-electron chi connectivity index (χ0n) is 10.5. The minimum absolute atomic E-state index is 0.108. The standard InChI is InChI=1S/C14H20NP/c1-11(2)15(12(3)4)16-10-14(16)13-8-6-5-7-9-13/h5-12H,1-4H3/t16-/m1/s1. The molecule has 1 aliphatic heterocycles. The van der Waals surface area contributed by atoms with Crippen LogP contribution in [0.4, 0.5) is 0 Å². The van der Waals surface area contributed by atoms with Gasteiger partial charge in [0.15, 0.2) is 0 Å². The Bertz CT molecular complexity index is 373. The highest BCUT2D eigenvalue weighted by Gasteiger charge is 2.34. The molecule has 0 amide bonds. The van der Waals surface area contributed by atoms with Gasteiger partial charge in [-0.2, -0.15) is 0 Å². The Balaban J connectivity index is 2.07. The maximum absolute atomic E-state index is 2.62. The van der Waals surface area contributed by atoms with Crippen LogP contribution in [-0.4, -0.2) is 16.8 Å². The van der Waals surface area contributed by atoms with Gasteiger partial charge in [-0.1, -0.05) is 30.3 Å². The van der Waals surface area contributed by atoms with Crippen LogP contribution in [0.25, 0.3) is 5.31 Å². The lowest BCUT2D eigenvalue weighted by Crippen LogP contribution is -2.30. The van der Waals surface area contributed by atoms with E-state index in [9.17, 15) is 0 Å². The molecule has 1 atom stereocenters. The molecule has 2 heteroatoms. The van der Waals surface area contributed by atoms with E-state index >= 15 is 0 Å². The summed E-state index contributed by atoms with van der Waals surface area (Å²) in [5.74, 6) is 2.44. The third kappa shape index (κ3) is 2.36. The molecular weight excluding hydrogens is 213 g/mol. The number of benzene rings is 1. The van der Waals surface area contributed by atoms with Crippen molar-refractivity contribution in [3.8, 4) is 0 Å². The maximum atomic E-state index is 2.62. The van der Waals surface area contributed by atoms with Gasteiger partial charge in [0.25, 0.3) is 0 Å². The van der Waals surface area contributed by atoms with Crippen molar-refractivity contribution < 1.29 is 0 Å². The minimum Gasteiger partial charge on any atom is -0.270 e. The van der Waals surface area contributed by atoms with Crippen LogP contribution >= 0.6 is 8.07 Å². The second-order valence-electron chi connectivity index (χ2n) is 4.79. The molecule has 0 saturated heterocycles. The van der Waals surface area contributed by atoms with Gasteiger partial charge < -0.3 is 0 Å². The Morgan fingerprint density at radius 1 is 0.938 bits per heavy atom. The largest absolute Gasteiger partial charge is 0.270 e. The summed E-state index contributed by atoms with van der Waals surface area (Å²) in [4.78, 5) is 0. The average molecular weight is 233 g/mol. The summed E-state index contributed by atoms with van der Waals surface area (Å²) in [6, 6.07) is 12.0. The SMILES string of the molecule is CC(C)N(C(C)C)[P@]1C=C1c1ccccc1. The quantitative estimate of drug-likeness (QED) is 0.691. The molecule has 86 valence electrons. The monoisotopic (exact) mass is 233 g/mol. The van der Waals surface area contributed by atoms with E-state index in [1.807, 2.05) is 0 Å². The summed E-state index contributed by atoms with van der Waals surface area (Å²) in [5, 5.41) is 1.55. The van der Waals surface area contributed by atoms with Crippen molar-refractivity contribution in [3.05, 3.63) is 41.7 Å². The molecule has 0 spiro atoms. The Morgan fingerprint density at radius 3 is 2.00 bits per heavy atom. The molecule has 1 heterocycles. The fraction of sp³-hybridized carbons (Fsp3) is 0.429. The van der Waals surface area contributed by atoms with Crippen molar-refractivity contribution in [2.24, 2.45) is 0 Å². The third-order valence-electron chi connectivity index (χ3n) is 2.80. The summed E-state index contributed by atoms with van der Waals surface area (Å²) < 4.78 is 2.62. The molecule has 1 aliphatic rings. The van der Waals surface area contributed by atoms with E-state index in [2.05, 4.69) is 68.5 Å². The van der Waals surface area contributed by atoms with Crippen LogP contribution in [0, 0.1) is 0 Å². The van der Waals surface area contributed by atoms with Crippen LogP contribution in [0.3, 0.4) is 0 Å². The third-order valence-corrected chi connectivity index (χ3v) is 5.33. The minimum atomic E-state index is -0.108. The zero-order chi connectivity index (χ0) is 11.7. The lowest BCUT2D eigenvalue weighted by molar-refractivity contribution is 0.329. The molecular formula is C14H20NP. The normalized spacial score (nSPS) is 19.4. The highest BCUT2D eigenvalue weighted by atomic mass is 31.1. The van der Waals surface area contributed by atoms with Gasteiger partial charge in [-0.15, -0.1) is 0 Å². The first-order chi connectivity index (χ1) is 7.61. The Kier molecular flexibility index (Phi) is 3.47. The van der Waals surface area contributed by atoms with E-state index < -0.39 is 0 Å². The summed E-state index contributed by atoms with van der Waals surface area (Å²) in [7, 11) is -0.108. The molecule has 0 aliphatic carbocycles. The lowest BCUT2D eigenvalue weighted by Gasteiger charge is -2.31. The molecule has 1 aromatic carbocycles. The molecule has 16 heavy (non-hydrogen) atoms. The van der Waals surface area contributed by atoms with Crippen LogP contribution in [0.1, 0.15) is 33.3 Å². The summed E-state index contributed by atoms with van der Waals surface area (Å²) in [6.07, 6.45) is 0. The second kappa shape index (κ2) is 4.69. The first-order valence-corrected chi connectivity index (χ1v) is 7.32. The molecule has 2 rings (SSSR count). The number of nitrogens with zero attached hydrogens (tertiary/aromatic N) is 1. The number of rotatable bonds is 4. The molecule has 0 saturated carbocycles. The van der Waals surface area contributed by atoms with Crippen LogP contribution in [-0.2, 0) is 0 Å². The first-order valence-electron chi connectivity index (χ1n) is 5.96. The molecule has 0 radical (unpaired) electrons. The molecule has 0 unspecified atom stereocenters. The summed E-state index contributed by atoms with van der Waals surface area (Å²) >= 11 is 0. The van der Waals surface area contributed by atoms with E-state index in [-0.39, 0.29) is 8.07 Å². The van der Waals surface area contributed by atoms with Crippen LogP contribution in [0.15, 0.2) is 36.1 Å².